The summed E-state index contributed by atoms with van der Waals surface area (Å²) in [4.78, 5) is 25.9. The van der Waals surface area contributed by atoms with Crippen molar-refractivity contribution in [3.05, 3.63) is 77.2 Å². The molecule has 4 aromatic rings. The fourth-order valence-electron chi connectivity index (χ4n) is 3.12. The Bertz CT molecular complexity index is 1560. The van der Waals surface area contributed by atoms with Crippen LogP contribution < -0.4 is 10.9 Å². The summed E-state index contributed by atoms with van der Waals surface area (Å²) in [5.41, 5.74) is 0.0794. The number of anilines is 2. The molecule has 0 aliphatic heterocycles. The number of allylic oxidation sites excluding steroid dienone is 1. The molecule has 1 aromatic carbocycles. The van der Waals surface area contributed by atoms with Gasteiger partial charge < -0.3 is 5.32 Å². The van der Waals surface area contributed by atoms with Crippen molar-refractivity contribution in [3.8, 4) is 5.82 Å². The third-order valence-electron chi connectivity index (χ3n) is 4.40. The first-order chi connectivity index (χ1) is 15.7. The smallest absolute Gasteiger partial charge is 0.278 e. The third kappa shape index (κ3) is 4.65. The van der Waals surface area contributed by atoms with E-state index in [-0.39, 0.29) is 40.6 Å². The van der Waals surface area contributed by atoms with E-state index in [4.69, 9.17) is 0 Å². The standard InChI is InChI=1S/C21H19F2N7O2S/c1-4-10-29-20(31)14-12-24-21(25-13-8-9-15(22)16(23)11-13)27-19(14)30(29)18-7-5-6-17(26-18)28-33(2,3)32/h4-9,11-12H,1,10H2,2-3H3,(H,24,25,27). The highest BCUT2D eigenvalue weighted by molar-refractivity contribution is 7.92. The first-order valence-corrected chi connectivity index (χ1v) is 12.0. The Balaban J connectivity index is 1.90. The van der Waals surface area contributed by atoms with Gasteiger partial charge in [-0.2, -0.15) is 9.35 Å². The van der Waals surface area contributed by atoms with Crippen LogP contribution in [0.15, 0.2) is 64.4 Å². The van der Waals surface area contributed by atoms with E-state index in [0.29, 0.717) is 5.82 Å². The van der Waals surface area contributed by atoms with Crippen LogP contribution in [0, 0.1) is 11.6 Å². The first-order valence-electron chi connectivity index (χ1n) is 9.62. The Morgan fingerprint density at radius 1 is 1.18 bits per heavy atom. The number of halogens is 2. The Labute approximate surface area is 187 Å². The Hall–Kier alpha value is -3.93. The molecule has 0 saturated heterocycles. The fraction of sp³-hybridized carbons (Fsp3) is 0.143. The molecule has 0 unspecified atom stereocenters. The summed E-state index contributed by atoms with van der Waals surface area (Å²) in [7, 11) is -2.46. The molecule has 0 aliphatic carbocycles. The van der Waals surface area contributed by atoms with Gasteiger partial charge in [-0.05, 0) is 24.3 Å². The monoisotopic (exact) mass is 471 g/mol. The molecule has 0 radical (unpaired) electrons. The van der Waals surface area contributed by atoms with Gasteiger partial charge in [0.1, 0.15) is 5.39 Å². The lowest BCUT2D eigenvalue weighted by molar-refractivity contribution is 0.509. The lowest BCUT2D eigenvalue weighted by atomic mass is 10.3. The van der Waals surface area contributed by atoms with Crippen LogP contribution in [0.2, 0.25) is 0 Å². The molecule has 1 N–H and O–H groups in total. The molecule has 33 heavy (non-hydrogen) atoms. The number of hydrogen-bond acceptors (Lipinski definition) is 7. The van der Waals surface area contributed by atoms with Crippen LogP contribution in [0.1, 0.15) is 0 Å². The van der Waals surface area contributed by atoms with Gasteiger partial charge in [0.15, 0.2) is 28.9 Å². The number of fused-ring (bicyclic) bond motifs is 1. The first kappa shape index (κ1) is 22.3. The van der Waals surface area contributed by atoms with E-state index in [1.54, 1.807) is 24.3 Å². The molecule has 0 bridgehead atoms. The lowest BCUT2D eigenvalue weighted by Crippen LogP contribution is -2.22. The van der Waals surface area contributed by atoms with E-state index in [0.717, 1.165) is 12.1 Å². The molecule has 4 rings (SSSR count). The molecule has 3 aromatic heterocycles. The van der Waals surface area contributed by atoms with Gasteiger partial charge in [0.05, 0.1) is 6.54 Å². The van der Waals surface area contributed by atoms with Gasteiger partial charge in [-0.15, -0.1) is 6.58 Å². The number of hydrogen-bond donors (Lipinski definition) is 1. The van der Waals surface area contributed by atoms with Crippen LogP contribution in [0.3, 0.4) is 0 Å². The van der Waals surface area contributed by atoms with E-state index in [9.17, 15) is 17.8 Å². The highest BCUT2D eigenvalue weighted by Gasteiger charge is 2.18. The van der Waals surface area contributed by atoms with Gasteiger partial charge in [0.25, 0.3) is 5.56 Å². The molecule has 9 nitrogen and oxygen atoms in total. The minimum absolute atomic E-state index is 0.0592. The van der Waals surface area contributed by atoms with Gasteiger partial charge in [-0.1, -0.05) is 12.1 Å². The zero-order valence-electron chi connectivity index (χ0n) is 17.7. The van der Waals surface area contributed by atoms with Gasteiger partial charge in [-0.3, -0.25) is 4.79 Å². The summed E-state index contributed by atoms with van der Waals surface area (Å²) in [6.45, 7) is 3.85. The van der Waals surface area contributed by atoms with Crippen molar-refractivity contribution in [1.82, 2.24) is 24.3 Å². The molecule has 0 atom stereocenters. The van der Waals surface area contributed by atoms with Crippen molar-refractivity contribution in [2.24, 2.45) is 4.36 Å². The third-order valence-corrected chi connectivity index (χ3v) is 5.03. The Morgan fingerprint density at radius 3 is 2.67 bits per heavy atom. The minimum Gasteiger partial charge on any atom is -0.324 e. The minimum atomic E-state index is -2.46. The molecule has 0 saturated carbocycles. The van der Waals surface area contributed by atoms with Crippen LogP contribution in [0.5, 0.6) is 0 Å². The van der Waals surface area contributed by atoms with Gasteiger partial charge in [0, 0.05) is 40.2 Å². The SMILES string of the molecule is C=CCn1c(=O)c2cnc(Nc3ccc(F)c(F)c3)nc2n1-c1cccc(N=S(C)(C)=O)n1. The predicted octanol–water partition coefficient (Wildman–Crippen LogP) is 3.54. The molecule has 0 aliphatic rings. The van der Waals surface area contributed by atoms with Crippen molar-refractivity contribution in [3.63, 3.8) is 0 Å². The van der Waals surface area contributed by atoms with Crippen molar-refractivity contribution in [2.75, 3.05) is 17.8 Å². The highest BCUT2D eigenvalue weighted by Crippen LogP contribution is 2.21. The topological polar surface area (TPSA) is 107 Å². The summed E-state index contributed by atoms with van der Waals surface area (Å²) >= 11 is 0. The van der Waals surface area contributed by atoms with E-state index in [1.165, 1.54) is 34.1 Å². The number of benzene rings is 1. The zero-order valence-corrected chi connectivity index (χ0v) is 18.5. The summed E-state index contributed by atoms with van der Waals surface area (Å²) < 4.78 is 45.8. The van der Waals surface area contributed by atoms with Crippen molar-refractivity contribution in [1.29, 1.82) is 0 Å². The molecule has 0 fully saturated rings. The maximum atomic E-state index is 13.6. The van der Waals surface area contributed by atoms with Crippen molar-refractivity contribution in [2.45, 2.75) is 6.54 Å². The number of rotatable bonds is 6. The quantitative estimate of drug-likeness (QED) is 0.431. The van der Waals surface area contributed by atoms with E-state index in [1.807, 2.05) is 0 Å². The van der Waals surface area contributed by atoms with E-state index >= 15 is 0 Å². The molecule has 170 valence electrons. The summed E-state index contributed by atoms with van der Waals surface area (Å²) in [5.74, 6) is -1.40. The lowest BCUT2D eigenvalue weighted by Gasteiger charge is -2.11. The number of nitrogens with zero attached hydrogens (tertiary/aromatic N) is 6. The molecular formula is C21H19F2N7O2S. The molecular weight excluding hydrogens is 452 g/mol. The second kappa shape index (κ2) is 8.54. The van der Waals surface area contributed by atoms with Crippen LogP contribution in [-0.4, -0.2) is 41.0 Å². The van der Waals surface area contributed by atoms with Gasteiger partial charge in [-0.25, -0.2) is 32.3 Å². The highest BCUT2D eigenvalue weighted by atomic mass is 32.2. The maximum Gasteiger partial charge on any atom is 0.278 e. The van der Waals surface area contributed by atoms with E-state index in [2.05, 4.69) is 31.2 Å². The van der Waals surface area contributed by atoms with Crippen LogP contribution in [-0.2, 0) is 16.3 Å². The van der Waals surface area contributed by atoms with Crippen molar-refractivity contribution >= 4 is 38.2 Å². The average molecular weight is 471 g/mol. The number of nitrogens with one attached hydrogen (secondary N) is 1. The second-order valence-corrected chi connectivity index (χ2v) is 9.84. The average Bonchev–Trinajstić information content (AvgIpc) is 3.01. The summed E-state index contributed by atoms with van der Waals surface area (Å²) in [6, 6.07) is 8.20. The van der Waals surface area contributed by atoms with Gasteiger partial charge in [0.2, 0.25) is 5.95 Å². The van der Waals surface area contributed by atoms with Gasteiger partial charge >= 0.3 is 0 Å². The number of pyridine rings is 1. The Kier molecular flexibility index (Phi) is 5.77. The summed E-state index contributed by atoms with van der Waals surface area (Å²) in [5, 5.41) is 3.01. The Morgan fingerprint density at radius 2 is 1.97 bits per heavy atom. The van der Waals surface area contributed by atoms with Crippen LogP contribution in [0.25, 0.3) is 16.9 Å². The molecule has 12 heteroatoms. The zero-order chi connectivity index (χ0) is 23.8. The molecule has 0 spiro atoms. The maximum absolute atomic E-state index is 13.6. The van der Waals surface area contributed by atoms with E-state index < -0.39 is 21.4 Å². The molecule has 3 heterocycles. The fourth-order valence-corrected chi connectivity index (χ4v) is 3.67. The normalized spacial score (nSPS) is 11.5. The largest absolute Gasteiger partial charge is 0.324 e. The molecule has 0 amide bonds. The van der Waals surface area contributed by atoms with Crippen molar-refractivity contribution < 1.29 is 13.0 Å². The predicted molar refractivity (Wildman–Crippen MR) is 123 cm³/mol. The summed E-state index contributed by atoms with van der Waals surface area (Å²) in [6.07, 6.45) is 5.86. The van der Waals surface area contributed by atoms with Crippen LogP contribution >= 0.6 is 0 Å². The van der Waals surface area contributed by atoms with Crippen LogP contribution in [0.4, 0.5) is 26.2 Å². The second-order valence-electron chi connectivity index (χ2n) is 7.30. The number of aromatic nitrogens is 5.